The van der Waals surface area contributed by atoms with E-state index in [9.17, 15) is 9.59 Å². The zero-order valence-corrected chi connectivity index (χ0v) is 12.9. The number of carbonyl (C=O) groups is 2. The minimum Gasteiger partial charge on any atom is -0.378 e. The number of carbonyl (C=O) groups excluding carboxylic acids is 2. The molecule has 1 aliphatic rings. The van der Waals surface area contributed by atoms with Crippen LogP contribution >= 0.6 is 0 Å². The van der Waals surface area contributed by atoms with Gasteiger partial charge in [-0.25, -0.2) is 0 Å². The van der Waals surface area contributed by atoms with Crippen molar-refractivity contribution < 1.29 is 14.3 Å². The maximum atomic E-state index is 12.4. The largest absolute Gasteiger partial charge is 0.378 e. The van der Waals surface area contributed by atoms with Gasteiger partial charge in [0.1, 0.15) is 0 Å². The fraction of sp³-hybridized carbons (Fsp3) is 0.263. The van der Waals surface area contributed by atoms with Crippen molar-refractivity contribution in [1.29, 1.82) is 0 Å². The number of amides is 1. The van der Waals surface area contributed by atoms with Crippen molar-refractivity contribution in [3.05, 3.63) is 71.3 Å². The summed E-state index contributed by atoms with van der Waals surface area (Å²) in [4.78, 5) is 26.4. The molecule has 4 nitrogen and oxygen atoms in total. The van der Waals surface area contributed by atoms with E-state index in [0.29, 0.717) is 43.9 Å². The van der Waals surface area contributed by atoms with Crippen LogP contribution in [0.15, 0.2) is 54.6 Å². The smallest absolute Gasteiger partial charge is 0.254 e. The Balaban J connectivity index is 1.66. The van der Waals surface area contributed by atoms with Crippen molar-refractivity contribution in [2.45, 2.75) is 6.42 Å². The van der Waals surface area contributed by atoms with Gasteiger partial charge in [-0.3, -0.25) is 9.59 Å². The van der Waals surface area contributed by atoms with E-state index in [1.165, 1.54) is 0 Å². The number of morpholine rings is 1. The first-order valence-corrected chi connectivity index (χ1v) is 7.78. The van der Waals surface area contributed by atoms with E-state index in [1.807, 2.05) is 30.3 Å². The standard InChI is InChI=1S/C19H19NO3/c21-18(14-15-4-2-1-3-5-15)16-6-8-17(9-7-16)19(22)20-10-12-23-13-11-20/h1-9H,10-14H2. The van der Waals surface area contributed by atoms with Gasteiger partial charge < -0.3 is 9.64 Å². The molecule has 0 aliphatic carbocycles. The molecule has 0 N–H and O–H groups in total. The Morgan fingerprint density at radius 2 is 1.48 bits per heavy atom. The number of rotatable bonds is 4. The fourth-order valence-corrected chi connectivity index (χ4v) is 2.63. The molecule has 1 fully saturated rings. The van der Waals surface area contributed by atoms with Gasteiger partial charge in [-0.1, -0.05) is 42.5 Å². The van der Waals surface area contributed by atoms with Gasteiger partial charge in [0.25, 0.3) is 5.91 Å². The van der Waals surface area contributed by atoms with Gasteiger partial charge in [-0.05, 0) is 17.7 Å². The second-order valence-electron chi connectivity index (χ2n) is 5.57. The molecule has 1 saturated heterocycles. The number of ketones is 1. The Labute approximate surface area is 135 Å². The normalized spacial score (nSPS) is 14.5. The Morgan fingerprint density at radius 3 is 2.13 bits per heavy atom. The van der Waals surface area contributed by atoms with Crippen molar-refractivity contribution in [3.8, 4) is 0 Å². The second kappa shape index (κ2) is 7.20. The maximum Gasteiger partial charge on any atom is 0.254 e. The number of Topliss-reactive ketones (excluding diaryl/α,β-unsaturated/α-hetero) is 1. The SMILES string of the molecule is O=C(Cc1ccccc1)c1ccc(C(=O)N2CCOCC2)cc1. The zero-order valence-electron chi connectivity index (χ0n) is 12.9. The van der Waals surface area contributed by atoms with Crippen LogP contribution in [-0.4, -0.2) is 42.9 Å². The summed E-state index contributed by atoms with van der Waals surface area (Å²) in [7, 11) is 0. The van der Waals surface area contributed by atoms with Crippen LogP contribution < -0.4 is 0 Å². The van der Waals surface area contributed by atoms with E-state index in [2.05, 4.69) is 0 Å². The van der Waals surface area contributed by atoms with E-state index >= 15 is 0 Å². The summed E-state index contributed by atoms with van der Waals surface area (Å²) >= 11 is 0. The van der Waals surface area contributed by atoms with Gasteiger partial charge >= 0.3 is 0 Å². The Kier molecular flexibility index (Phi) is 4.83. The molecule has 0 unspecified atom stereocenters. The lowest BCUT2D eigenvalue weighted by Gasteiger charge is -2.26. The third-order valence-electron chi connectivity index (χ3n) is 3.96. The highest BCUT2D eigenvalue weighted by Gasteiger charge is 2.18. The van der Waals surface area contributed by atoms with Crippen molar-refractivity contribution >= 4 is 11.7 Å². The lowest BCUT2D eigenvalue weighted by atomic mass is 10.0. The molecule has 0 bridgehead atoms. The summed E-state index contributed by atoms with van der Waals surface area (Å²) < 4.78 is 5.25. The molecule has 3 rings (SSSR count). The lowest BCUT2D eigenvalue weighted by molar-refractivity contribution is 0.0303. The molecule has 1 heterocycles. The van der Waals surface area contributed by atoms with Crippen LogP contribution in [0.3, 0.4) is 0 Å². The molecule has 0 radical (unpaired) electrons. The number of benzene rings is 2. The summed E-state index contributed by atoms with van der Waals surface area (Å²) in [6.45, 7) is 2.40. The van der Waals surface area contributed by atoms with E-state index < -0.39 is 0 Å². The van der Waals surface area contributed by atoms with Crippen molar-refractivity contribution in [2.24, 2.45) is 0 Å². The predicted molar refractivity (Wildman–Crippen MR) is 87.6 cm³/mol. The molecule has 23 heavy (non-hydrogen) atoms. The highest BCUT2D eigenvalue weighted by atomic mass is 16.5. The third-order valence-corrected chi connectivity index (χ3v) is 3.96. The fourth-order valence-electron chi connectivity index (χ4n) is 2.63. The van der Waals surface area contributed by atoms with Crippen molar-refractivity contribution in [1.82, 2.24) is 4.90 Å². The van der Waals surface area contributed by atoms with Gasteiger partial charge in [0.15, 0.2) is 5.78 Å². The average molecular weight is 309 g/mol. The van der Waals surface area contributed by atoms with Crippen LogP contribution in [0.1, 0.15) is 26.3 Å². The second-order valence-corrected chi connectivity index (χ2v) is 5.57. The minimum atomic E-state index is -0.00430. The molecular formula is C19H19NO3. The average Bonchev–Trinajstić information content (AvgIpc) is 2.63. The Morgan fingerprint density at radius 1 is 0.870 bits per heavy atom. The van der Waals surface area contributed by atoms with Gasteiger partial charge in [0.05, 0.1) is 13.2 Å². The summed E-state index contributed by atoms with van der Waals surface area (Å²) in [5.74, 6) is 0.0527. The molecular weight excluding hydrogens is 290 g/mol. The molecule has 4 heteroatoms. The molecule has 1 amide bonds. The molecule has 0 saturated carbocycles. The van der Waals surface area contributed by atoms with Gasteiger partial charge in [0, 0.05) is 30.6 Å². The first-order valence-electron chi connectivity index (χ1n) is 7.78. The summed E-state index contributed by atoms with van der Waals surface area (Å²) in [5, 5.41) is 0. The maximum absolute atomic E-state index is 12.4. The predicted octanol–water partition coefficient (Wildman–Crippen LogP) is 2.58. The minimum absolute atomic E-state index is 0.00430. The first kappa shape index (κ1) is 15.4. The van der Waals surface area contributed by atoms with E-state index in [4.69, 9.17) is 4.74 Å². The molecule has 2 aromatic rings. The van der Waals surface area contributed by atoms with E-state index in [1.54, 1.807) is 29.2 Å². The van der Waals surface area contributed by atoms with Crippen molar-refractivity contribution in [2.75, 3.05) is 26.3 Å². The topological polar surface area (TPSA) is 46.6 Å². The highest BCUT2D eigenvalue weighted by Crippen LogP contribution is 2.12. The van der Waals surface area contributed by atoms with Crippen LogP contribution in [0.5, 0.6) is 0 Å². The molecule has 2 aromatic carbocycles. The van der Waals surface area contributed by atoms with E-state index in [-0.39, 0.29) is 11.7 Å². The van der Waals surface area contributed by atoms with Gasteiger partial charge in [0.2, 0.25) is 0 Å². The number of hydrogen-bond acceptors (Lipinski definition) is 3. The van der Waals surface area contributed by atoms with Crippen LogP contribution in [0, 0.1) is 0 Å². The quantitative estimate of drug-likeness (QED) is 0.816. The Hall–Kier alpha value is -2.46. The molecule has 118 valence electrons. The zero-order chi connectivity index (χ0) is 16.1. The summed E-state index contributed by atoms with van der Waals surface area (Å²) in [6, 6.07) is 16.6. The van der Waals surface area contributed by atoms with Crippen LogP contribution in [-0.2, 0) is 11.2 Å². The third kappa shape index (κ3) is 3.85. The number of nitrogens with zero attached hydrogens (tertiary/aromatic N) is 1. The Bertz CT molecular complexity index is 674. The summed E-state index contributed by atoms with van der Waals surface area (Å²) in [6.07, 6.45) is 0.373. The monoisotopic (exact) mass is 309 g/mol. The molecule has 0 aromatic heterocycles. The van der Waals surface area contributed by atoms with E-state index in [0.717, 1.165) is 5.56 Å². The first-order chi connectivity index (χ1) is 11.2. The number of hydrogen-bond donors (Lipinski definition) is 0. The molecule has 0 spiro atoms. The van der Waals surface area contributed by atoms with Gasteiger partial charge in [-0.15, -0.1) is 0 Å². The molecule has 0 atom stereocenters. The molecule has 1 aliphatic heterocycles. The number of ether oxygens (including phenoxy) is 1. The lowest BCUT2D eigenvalue weighted by Crippen LogP contribution is -2.40. The van der Waals surface area contributed by atoms with Crippen LogP contribution in [0.25, 0.3) is 0 Å². The van der Waals surface area contributed by atoms with Crippen LogP contribution in [0.4, 0.5) is 0 Å². The highest BCUT2D eigenvalue weighted by molar-refractivity contribution is 5.99. The van der Waals surface area contributed by atoms with Gasteiger partial charge in [-0.2, -0.15) is 0 Å². The summed E-state index contributed by atoms with van der Waals surface area (Å²) in [5.41, 5.74) is 2.24. The van der Waals surface area contributed by atoms with Crippen LogP contribution in [0.2, 0.25) is 0 Å². The van der Waals surface area contributed by atoms with Crippen molar-refractivity contribution in [3.63, 3.8) is 0 Å².